The number of hydrogen-bond acceptors (Lipinski definition) is 23. The van der Waals surface area contributed by atoms with Crippen molar-refractivity contribution in [1.29, 1.82) is 0 Å². The minimum absolute atomic E-state index is 0.0235. The van der Waals surface area contributed by atoms with Gasteiger partial charge in [0.25, 0.3) is 0 Å². The van der Waals surface area contributed by atoms with Gasteiger partial charge in [-0.25, -0.2) is 9.97 Å². The maximum Gasteiger partial charge on any atom is 0.220 e. The molecule has 2 aromatic heterocycles. The van der Waals surface area contributed by atoms with Crippen LogP contribution in [0.2, 0.25) is 0 Å². The number of hydrogen-bond donors (Lipinski definition) is 15. The van der Waals surface area contributed by atoms with Crippen molar-refractivity contribution in [2.75, 3.05) is 32.8 Å². The lowest BCUT2D eigenvalue weighted by molar-refractivity contribution is -0.307. The lowest BCUT2D eigenvalue weighted by Crippen LogP contribution is -2.68. The van der Waals surface area contributed by atoms with E-state index in [1.807, 2.05) is 36.4 Å². The van der Waals surface area contributed by atoms with E-state index in [0.29, 0.717) is 39.0 Å². The van der Waals surface area contributed by atoms with Crippen LogP contribution in [0.5, 0.6) is 0 Å². The molecule has 19 N–H and O–H groups in total. The fourth-order valence-corrected chi connectivity index (χ4v) is 10.2. The van der Waals surface area contributed by atoms with E-state index in [2.05, 4.69) is 21.3 Å². The quantitative estimate of drug-likeness (QED) is 0.102. The van der Waals surface area contributed by atoms with Crippen LogP contribution in [-0.4, -0.2) is 207 Å². The Kier molecular flexibility index (Phi) is 19.9. The van der Waals surface area contributed by atoms with Gasteiger partial charge in [-0.2, -0.15) is 0 Å². The first-order chi connectivity index (χ1) is 35.6. The molecule has 8 rings (SSSR count). The van der Waals surface area contributed by atoms with Gasteiger partial charge < -0.3 is 108 Å². The highest BCUT2D eigenvalue weighted by atomic mass is 16.8. The monoisotopic (exact) mass is 1040 g/mol. The minimum Gasteiger partial charge on any atom is -0.394 e. The number of carbonyl (C=O) groups is 2. The molecule has 25 nitrogen and oxygen atoms in total. The molecule has 1 saturated carbocycles. The Morgan fingerprint density at radius 1 is 0.514 bits per heavy atom. The van der Waals surface area contributed by atoms with Crippen LogP contribution in [0.3, 0.4) is 0 Å². The summed E-state index contributed by atoms with van der Waals surface area (Å²) in [6.07, 6.45) is -17.1. The second-order valence-electron chi connectivity index (χ2n) is 20.2. The van der Waals surface area contributed by atoms with Gasteiger partial charge in [-0.05, 0) is 57.3 Å². The number of pyridine rings is 2. The van der Waals surface area contributed by atoms with E-state index in [1.165, 1.54) is 0 Å². The van der Waals surface area contributed by atoms with Crippen molar-refractivity contribution in [2.24, 2.45) is 22.9 Å². The van der Waals surface area contributed by atoms with E-state index in [0.717, 1.165) is 58.9 Å². The van der Waals surface area contributed by atoms with E-state index in [9.17, 15) is 45.3 Å². The third-order valence-electron chi connectivity index (χ3n) is 14.7. The Bertz CT molecular complexity index is 2310. The summed E-state index contributed by atoms with van der Waals surface area (Å²) in [4.78, 5) is 35.8. The van der Waals surface area contributed by atoms with Gasteiger partial charge in [0.2, 0.25) is 11.8 Å². The predicted molar refractivity (Wildman–Crippen MR) is 264 cm³/mol. The molecule has 2 amide bonds. The van der Waals surface area contributed by atoms with Crippen molar-refractivity contribution in [3.05, 3.63) is 47.8 Å². The number of aliphatic hydroxyl groups is 7. The molecule has 74 heavy (non-hydrogen) atoms. The summed E-state index contributed by atoms with van der Waals surface area (Å²) in [6.45, 7) is 1.36. The van der Waals surface area contributed by atoms with Gasteiger partial charge in [0.1, 0.15) is 67.1 Å². The molecule has 412 valence electrons. The van der Waals surface area contributed by atoms with Crippen LogP contribution in [0.1, 0.15) is 69.2 Å². The fourth-order valence-electron chi connectivity index (χ4n) is 10.2. The molecule has 10 bridgehead atoms. The van der Waals surface area contributed by atoms with Crippen molar-refractivity contribution < 1.29 is 73.8 Å². The van der Waals surface area contributed by atoms with Gasteiger partial charge in [0, 0.05) is 61.9 Å². The summed E-state index contributed by atoms with van der Waals surface area (Å²) in [7, 11) is 0. The molecule has 19 atom stereocenters. The smallest absolute Gasteiger partial charge is 0.220 e. The predicted octanol–water partition coefficient (Wildman–Crippen LogP) is -4.47. The number of fused-ring (bicyclic) bond motifs is 9. The van der Waals surface area contributed by atoms with Gasteiger partial charge in [-0.15, -0.1) is 0 Å². The normalized spacial score (nSPS) is 39.6. The highest BCUT2D eigenvalue weighted by Crippen LogP contribution is 2.35. The zero-order valence-electron chi connectivity index (χ0n) is 41.3. The maximum atomic E-state index is 13.0. The lowest BCUT2D eigenvalue weighted by atomic mass is 9.84. The van der Waals surface area contributed by atoms with E-state index in [4.69, 9.17) is 61.3 Å². The highest BCUT2D eigenvalue weighted by Gasteiger charge is 2.54. The van der Waals surface area contributed by atoms with Gasteiger partial charge in [0.05, 0.1) is 47.2 Å². The molecule has 0 unspecified atom stereocenters. The number of ether oxygens (including phenoxy) is 6. The second kappa shape index (κ2) is 26.0. The van der Waals surface area contributed by atoms with Crippen LogP contribution in [0.15, 0.2) is 36.4 Å². The molecule has 25 heteroatoms. The number of nitrogens with two attached hydrogens (primary N) is 4. The Labute approximate surface area is 428 Å². The number of benzene rings is 1. The molecule has 0 radical (unpaired) electrons. The minimum atomic E-state index is -1.71. The average molecular weight is 1050 g/mol. The Balaban J connectivity index is 0.947. The van der Waals surface area contributed by atoms with Crippen LogP contribution in [-0.2, 0) is 51.1 Å². The van der Waals surface area contributed by atoms with Gasteiger partial charge >= 0.3 is 0 Å². The van der Waals surface area contributed by atoms with Crippen LogP contribution in [0.4, 0.5) is 0 Å². The number of aromatic nitrogens is 2. The van der Waals surface area contributed by atoms with Crippen LogP contribution in [0.25, 0.3) is 21.8 Å². The Hall–Kier alpha value is -3.78. The van der Waals surface area contributed by atoms with Crippen LogP contribution in [0, 0.1) is 0 Å². The molecule has 1 aliphatic carbocycles. The Morgan fingerprint density at radius 2 is 0.986 bits per heavy atom. The van der Waals surface area contributed by atoms with Gasteiger partial charge in [0.15, 0.2) is 18.9 Å². The summed E-state index contributed by atoms with van der Waals surface area (Å²) >= 11 is 0. The number of amides is 2. The third-order valence-corrected chi connectivity index (χ3v) is 14.7. The molecule has 6 heterocycles. The Morgan fingerprint density at radius 3 is 1.49 bits per heavy atom. The topological polar surface area (TPSA) is 409 Å². The number of rotatable bonds is 1. The summed E-state index contributed by atoms with van der Waals surface area (Å²) in [6, 6.07) is 7.54. The standard InChI is InChI=1S/C49H76N10O15/c50-27-17-28(51)44-46(38(27)63)74-49-43(68)45(31(22-60)71-49)73-48-35(53)42(67)40(65)30(70-48)21-57-33(62)8-4-2-6-16-55-19-26-14-12-24-10-9-23-11-13-25(58-36(23)37(24)59-26)18-54-15-5-1-3-7-32(61)56-20-29-39(64)41(66)34(52)47(69-29)72-44/h9-14,27-31,34-35,38-49,54-55,60,63-68H,1-8,15-22,50-53H2,(H,56,61)(H,57,62)/t27-,28+,29-,30+,31-,34-,35-,38+,39-,40-,41-,42-,43-,44-,45-,46-,47-,48-,49+/m1/s1. The molecule has 5 aliphatic rings. The number of nitrogens with one attached hydrogen (secondary N) is 4. The van der Waals surface area contributed by atoms with Crippen LogP contribution < -0.4 is 44.2 Å². The van der Waals surface area contributed by atoms with E-state index < -0.39 is 123 Å². The van der Waals surface area contributed by atoms with Crippen molar-refractivity contribution in [1.82, 2.24) is 31.2 Å². The first-order valence-electron chi connectivity index (χ1n) is 25.9. The van der Waals surface area contributed by atoms with Crippen LogP contribution >= 0.6 is 0 Å². The van der Waals surface area contributed by atoms with E-state index in [1.54, 1.807) is 0 Å². The first-order valence-corrected chi connectivity index (χ1v) is 25.9. The molecular weight excluding hydrogens is 969 g/mol. The number of carbonyl (C=O) groups excluding carboxylic acids is 2. The molecular formula is C49H76N10O15. The fraction of sp³-hybridized carbons (Fsp3) is 0.714. The van der Waals surface area contributed by atoms with Crippen molar-refractivity contribution in [3.8, 4) is 0 Å². The molecule has 1 aromatic carbocycles. The summed E-state index contributed by atoms with van der Waals surface area (Å²) in [5, 5.41) is 91.5. The largest absolute Gasteiger partial charge is 0.394 e. The molecule has 0 spiro atoms. The molecule has 3 aromatic rings. The number of nitrogens with zero attached hydrogens (tertiary/aromatic N) is 2. The van der Waals surface area contributed by atoms with Crippen molar-refractivity contribution in [2.45, 2.75) is 187 Å². The van der Waals surface area contributed by atoms with E-state index >= 15 is 0 Å². The van der Waals surface area contributed by atoms with Crippen molar-refractivity contribution in [3.63, 3.8) is 0 Å². The third kappa shape index (κ3) is 13.5. The average Bonchev–Trinajstić information content (AvgIpc) is 3.69. The number of aliphatic hydroxyl groups excluding tert-OH is 7. The zero-order valence-corrected chi connectivity index (χ0v) is 41.3. The SMILES string of the molecule is N[C@H]1[C@H]2O[C@H]3[C@@H](O)[C@H](O[C@@H]4[C@@H](O)[C@H](N)C[C@H](N)[C@H]4O[C@H]4O[C@H](CNC(=O)CCCCCNCc5ccc6ccc7ccc(nc7c6n5)CNCCCCCC(=O)NC[C@H](O2)[C@@H](O)[C@@H]1O)[C@@H](O)[C@H](O)[C@H]4N)O[C@@H]3CO. The maximum absolute atomic E-state index is 13.0. The zero-order chi connectivity index (χ0) is 52.6. The van der Waals surface area contributed by atoms with Gasteiger partial charge in [-0.3, -0.25) is 9.59 Å². The van der Waals surface area contributed by atoms with Crippen molar-refractivity contribution >= 4 is 33.6 Å². The lowest BCUT2D eigenvalue weighted by Gasteiger charge is -2.47. The summed E-state index contributed by atoms with van der Waals surface area (Å²) in [5.41, 5.74) is 28.7. The van der Waals surface area contributed by atoms with Gasteiger partial charge in [-0.1, -0.05) is 37.1 Å². The highest BCUT2D eigenvalue weighted by molar-refractivity contribution is 6.02. The first kappa shape index (κ1) is 56.4. The summed E-state index contributed by atoms with van der Waals surface area (Å²) < 4.78 is 36.3. The summed E-state index contributed by atoms with van der Waals surface area (Å²) in [5.74, 6) is -0.602. The molecule has 4 aliphatic heterocycles. The second-order valence-corrected chi connectivity index (χ2v) is 20.2. The molecule has 3 saturated heterocycles. The molecule has 4 fully saturated rings. The van der Waals surface area contributed by atoms with E-state index in [-0.39, 0.29) is 44.2 Å².